The Labute approximate surface area is 179 Å². The molecule has 0 bridgehead atoms. The van der Waals surface area contributed by atoms with Crippen LogP contribution in [-0.4, -0.2) is 40.8 Å². The molecule has 2 aliphatic rings. The minimum atomic E-state index is -0.822. The number of benzene rings is 1. The highest BCUT2D eigenvalue weighted by atomic mass is 35.5. The second kappa shape index (κ2) is 9.58. The van der Waals surface area contributed by atoms with Gasteiger partial charge in [-0.15, -0.1) is 8.86 Å². The Morgan fingerprint density at radius 2 is 2.11 bits per heavy atom. The highest BCUT2D eigenvalue weighted by molar-refractivity contribution is 7.20. The molecule has 28 heavy (non-hydrogen) atoms. The minimum Gasteiger partial charge on any atom is -0.390 e. The maximum atomic E-state index is 13.1. The molecule has 1 N–H and O–H groups in total. The van der Waals surface area contributed by atoms with Crippen molar-refractivity contribution in [1.29, 1.82) is 0 Å². The molecule has 1 aliphatic heterocycles. The van der Waals surface area contributed by atoms with Gasteiger partial charge in [0.25, 0.3) is 0 Å². The van der Waals surface area contributed by atoms with Gasteiger partial charge in [0.2, 0.25) is 0 Å². The van der Waals surface area contributed by atoms with Crippen LogP contribution in [0.3, 0.4) is 0 Å². The molecule has 2 nitrogen and oxygen atoms in total. The second-order valence-electron chi connectivity index (χ2n) is 8.12. The number of alkyl halides is 1. The van der Waals surface area contributed by atoms with Crippen molar-refractivity contribution < 1.29 is 9.50 Å². The van der Waals surface area contributed by atoms with Crippen molar-refractivity contribution in [2.24, 2.45) is 17.8 Å². The molecule has 1 aliphatic carbocycles. The van der Waals surface area contributed by atoms with E-state index >= 15 is 0 Å². The Morgan fingerprint density at radius 3 is 2.79 bits per heavy atom. The summed E-state index contributed by atoms with van der Waals surface area (Å²) in [7, 11) is 3.86. The largest absolute Gasteiger partial charge is 0.390 e. The van der Waals surface area contributed by atoms with Crippen LogP contribution in [0.2, 0.25) is 10.0 Å². The summed E-state index contributed by atoms with van der Waals surface area (Å²) in [5, 5.41) is 11.4. The summed E-state index contributed by atoms with van der Waals surface area (Å²) in [5.74, 6) is 0.937. The summed E-state index contributed by atoms with van der Waals surface area (Å²) in [5.41, 5.74) is 2.83. The summed E-state index contributed by atoms with van der Waals surface area (Å²) < 4.78 is 13.1. The lowest BCUT2D eigenvalue weighted by atomic mass is 9.64. The van der Waals surface area contributed by atoms with Gasteiger partial charge in [-0.1, -0.05) is 48.3 Å². The predicted molar refractivity (Wildman–Crippen MR) is 121 cm³/mol. The van der Waals surface area contributed by atoms with Gasteiger partial charge in [-0.3, -0.25) is 4.90 Å². The second-order valence-corrected chi connectivity index (χ2v) is 9.49. The van der Waals surface area contributed by atoms with Crippen LogP contribution in [0.25, 0.3) is 6.08 Å². The van der Waals surface area contributed by atoms with Crippen LogP contribution in [0.1, 0.15) is 43.7 Å². The lowest BCUT2D eigenvalue weighted by molar-refractivity contribution is -0.0325. The molecular formula is C22H29Cl2FNOP. The Hall–Kier alpha value is -0.440. The molecule has 6 heteroatoms. The lowest BCUT2D eigenvalue weighted by Gasteiger charge is -2.50. The fourth-order valence-electron chi connectivity index (χ4n) is 5.26. The first-order valence-electron chi connectivity index (χ1n) is 10.1. The molecule has 154 valence electrons. The van der Waals surface area contributed by atoms with Crippen LogP contribution in [0.5, 0.6) is 0 Å². The van der Waals surface area contributed by atoms with Crippen molar-refractivity contribution in [3.8, 4) is 0 Å². The fraction of sp³-hybridized carbons (Fsp3) is 0.591. The third-order valence-electron chi connectivity index (χ3n) is 6.77. The Morgan fingerprint density at radius 1 is 1.36 bits per heavy atom. The number of aliphatic hydroxyl groups is 1. The van der Waals surface area contributed by atoms with Crippen LogP contribution in [-0.2, 0) is 6.42 Å². The first-order valence-corrected chi connectivity index (χ1v) is 11.3. The molecule has 0 radical (unpaired) electrons. The van der Waals surface area contributed by atoms with Gasteiger partial charge in [-0.25, -0.2) is 4.39 Å². The van der Waals surface area contributed by atoms with Crippen LogP contribution in [0.15, 0.2) is 18.7 Å². The van der Waals surface area contributed by atoms with E-state index in [0.717, 1.165) is 48.8 Å². The number of aliphatic hydroxyl groups excluding tert-OH is 1. The van der Waals surface area contributed by atoms with Gasteiger partial charge in [-0.2, -0.15) is 0 Å². The lowest BCUT2D eigenvalue weighted by Crippen LogP contribution is -2.54. The summed E-state index contributed by atoms with van der Waals surface area (Å²) in [6.07, 6.45) is 5.62. The molecule has 0 aromatic heterocycles. The predicted octanol–water partition coefficient (Wildman–Crippen LogP) is 5.91. The van der Waals surface area contributed by atoms with E-state index in [9.17, 15) is 9.50 Å². The standard InChI is InChI=1S/C22H29Cl2FNOP/c1-3-14-7-8-19(23)18(22(14)24)11-21(28)26-10-9-16-15(13(26)2)5-4-6-17(16)20(27)12-25/h3,7-8,13,15-17,20,27-28H,1,4-6,9-12H2,2H3/t13?,15?,16?,17?,20-/m1/s1. The van der Waals surface area contributed by atoms with Crippen LogP contribution >= 0.6 is 32.1 Å². The molecule has 1 heterocycles. The molecule has 1 aromatic rings. The van der Waals surface area contributed by atoms with Crippen molar-refractivity contribution in [2.45, 2.75) is 51.2 Å². The highest BCUT2D eigenvalue weighted by Gasteiger charge is 2.44. The molecule has 5 atom stereocenters. The quantitative estimate of drug-likeness (QED) is 0.552. The number of fused-ring (bicyclic) bond motifs is 1. The van der Waals surface area contributed by atoms with Gasteiger partial charge in [0.15, 0.2) is 0 Å². The number of rotatable bonds is 6. The maximum absolute atomic E-state index is 13.1. The van der Waals surface area contributed by atoms with E-state index in [1.807, 2.05) is 12.1 Å². The van der Waals surface area contributed by atoms with E-state index in [-0.39, 0.29) is 5.92 Å². The number of halogens is 3. The van der Waals surface area contributed by atoms with Gasteiger partial charge in [0.1, 0.15) is 6.67 Å². The molecule has 1 saturated heterocycles. The summed E-state index contributed by atoms with van der Waals surface area (Å²) in [4.78, 5) is 2.38. The van der Waals surface area contributed by atoms with E-state index in [1.54, 1.807) is 6.08 Å². The molecule has 3 rings (SSSR count). The topological polar surface area (TPSA) is 23.5 Å². The Bertz CT molecular complexity index is 743. The normalized spacial score (nSPS) is 29.2. The van der Waals surface area contributed by atoms with Crippen molar-refractivity contribution in [2.75, 3.05) is 13.2 Å². The van der Waals surface area contributed by atoms with Gasteiger partial charge < -0.3 is 5.11 Å². The monoisotopic (exact) mass is 443 g/mol. The van der Waals surface area contributed by atoms with E-state index in [2.05, 4.69) is 27.3 Å². The van der Waals surface area contributed by atoms with Crippen LogP contribution in [0, 0.1) is 17.8 Å². The summed E-state index contributed by atoms with van der Waals surface area (Å²) in [6, 6.07) is 4.06. The molecule has 1 saturated carbocycles. The molecular weight excluding hydrogens is 415 g/mol. The third-order valence-corrected chi connectivity index (χ3v) is 8.03. The van der Waals surface area contributed by atoms with Crippen molar-refractivity contribution >= 4 is 43.6 Å². The maximum Gasteiger partial charge on any atom is 0.116 e. The summed E-state index contributed by atoms with van der Waals surface area (Å²) >= 11 is 13.0. The SMILES string of the molecule is C=Cc1ccc(Cl)c(CC(=P)N2CCC3C(CCCC3[C@H](O)CF)C2C)c1Cl. The van der Waals surface area contributed by atoms with Crippen molar-refractivity contribution in [3.63, 3.8) is 0 Å². The minimum absolute atomic E-state index is 0.0830. The van der Waals surface area contributed by atoms with Crippen LogP contribution < -0.4 is 0 Å². The van der Waals surface area contributed by atoms with E-state index in [0.29, 0.717) is 34.3 Å². The number of nitrogens with zero attached hydrogens (tertiary/aromatic N) is 1. The summed E-state index contributed by atoms with van der Waals surface area (Å²) in [6.45, 7) is 6.29. The number of hydrogen-bond acceptors (Lipinski definition) is 1. The van der Waals surface area contributed by atoms with Crippen molar-refractivity contribution in [1.82, 2.24) is 4.90 Å². The number of likely N-dealkylation sites (tertiary alicyclic amines) is 1. The number of hydrogen-bond donors (Lipinski definition) is 1. The molecule has 2 fully saturated rings. The zero-order valence-electron chi connectivity index (χ0n) is 16.3. The zero-order valence-corrected chi connectivity index (χ0v) is 18.8. The van der Waals surface area contributed by atoms with E-state index in [1.165, 1.54) is 0 Å². The van der Waals surface area contributed by atoms with E-state index < -0.39 is 12.8 Å². The number of piperidine rings is 1. The van der Waals surface area contributed by atoms with Gasteiger partial charge in [-0.05, 0) is 61.1 Å². The average molecular weight is 444 g/mol. The van der Waals surface area contributed by atoms with E-state index in [4.69, 9.17) is 23.2 Å². The highest BCUT2D eigenvalue weighted by Crippen LogP contribution is 2.45. The zero-order chi connectivity index (χ0) is 20.4. The van der Waals surface area contributed by atoms with Gasteiger partial charge >= 0.3 is 0 Å². The molecule has 4 unspecified atom stereocenters. The Balaban J connectivity index is 1.75. The average Bonchev–Trinajstić information content (AvgIpc) is 2.70. The van der Waals surface area contributed by atoms with Crippen molar-refractivity contribution in [3.05, 3.63) is 39.9 Å². The van der Waals surface area contributed by atoms with Gasteiger partial charge in [0, 0.05) is 29.4 Å². The molecule has 1 aromatic carbocycles. The fourth-order valence-corrected chi connectivity index (χ4v) is 6.34. The first-order chi connectivity index (χ1) is 13.4. The van der Waals surface area contributed by atoms with Crippen LogP contribution in [0.4, 0.5) is 4.39 Å². The Kier molecular flexibility index (Phi) is 7.61. The third kappa shape index (κ3) is 4.35. The van der Waals surface area contributed by atoms with Gasteiger partial charge in [0.05, 0.1) is 11.1 Å². The first kappa shape index (κ1) is 22.2. The molecule has 0 amide bonds. The molecule has 0 spiro atoms. The smallest absolute Gasteiger partial charge is 0.116 e.